The van der Waals surface area contributed by atoms with Gasteiger partial charge in [-0.05, 0) is 32.4 Å². The monoisotopic (exact) mass is 357 g/mol. The van der Waals surface area contributed by atoms with Crippen molar-refractivity contribution in [2.75, 3.05) is 0 Å². The van der Waals surface area contributed by atoms with Crippen LogP contribution in [0.3, 0.4) is 0 Å². The molecule has 4 nitrogen and oxygen atoms in total. The molecule has 4 heteroatoms. The summed E-state index contributed by atoms with van der Waals surface area (Å²) in [7, 11) is 0. The summed E-state index contributed by atoms with van der Waals surface area (Å²) in [5.41, 5.74) is 4.47. The lowest BCUT2D eigenvalue weighted by molar-refractivity contribution is -0.702. The molecule has 0 amide bonds. The third-order valence-electron chi connectivity index (χ3n) is 4.68. The van der Waals surface area contributed by atoms with E-state index in [1.54, 1.807) is 0 Å². The molecule has 2 aromatic heterocycles. The van der Waals surface area contributed by atoms with Crippen molar-refractivity contribution in [1.82, 2.24) is 14.3 Å². The van der Waals surface area contributed by atoms with E-state index in [0.29, 0.717) is 6.67 Å². The van der Waals surface area contributed by atoms with E-state index in [-0.39, 0.29) is 5.54 Å². The Balaban J connectivity index is 1.74. The highest BCUT2D eigenvalue weighted by atomic mass is 15.4. The Kier molecular flexibility index (Phi) is 4.40. The lowest BCUT2D eigenvalue weighted by Crippen LogP contribution is -2.37. The lowest BCUT2D eigenvalue weighted by atomic mass is 10.1. The fourth-order valence-corrected chi connectivity index (χ4v) is 3.15. The van der Waals surface area contributed by atoms with Crippen LogP contribution in [0.1, 0.15) is 20.8 Å². The van der Waals surface area contributed by atoms with Crippen LogP contribution in [0.4, 0.5) is 0 Å². The molecule has 0 spiro atoms. The smallest absolute Gasteiger partial charge is 0.232 e. The number of nitrogens with zero attached hydrogens (tertiary/aromatic N) is 4. The van der Waals surface area contributed by atoms with Gasteiger partial charge in [0.1, 0.15) is 17.9 Å². The van der Waals surface area contributed by atoms with Gasteiger partial charge in [0.05, 0.1) is 11.4 Å². The Morgan fingerprint density at radius 2 is 1.52 bits per heavy atom. The van der Waals surface area contributed by atoms with E-state index in [1.165, 1.54) is 5.56 Å². The Bertz CT molecular complexity index is 1020. The van der Waals surface area contributed by atoms with E-state index in [2.05, 4.69) is 108 Å². The van der Waals surface area contributed by atoms with Gasteiger partial charge in [0.2, 0.25) is 6.33 Å². The summed E-state index contributed by atoms with van der Waals surface area (Å²) >= 11 is 0. The van der Waals surface area contributed by atoms with Crippen molar-refractivity contribution in [2.24, 2.45) is 0 Å². The summed E-state index contributed by atoms with van der Waals surface area (Å²) in [6.45, 7) is 7.27. The SMILES string of the molecule is CC(C)(C)n1cc[n+](Cn2nc(-c3ccccc3)cc2-c2ccccc2)c1. The molecular formula is C23H25N4+. The van der Waals surface area contributed by atoms with Gasteiger partial charge < -0.3 is 0 Å². The van der Waals surface area contributed by atoms with Crippen molar-refractivity contribution in [2.45, 2.75) is 33.0 Å². The Morgan fingerprint density at radius 3 is 2.11 bits per heavy atom. The van der Waals surface area contributed by atoms with Gasteiger partial charge in [-0.15, -0.1) is 0 Å². The van der Waals surface area contributed by atoms with E-state index in [9.17, 15) is 0 Å². The van der Waals surface area contributed by atoms with Crippen LogP contribution in [0.5, 0.6) is 0 Å². The van der Waals surface area contributed by atoms with E-state index >= 15 is 0 Å². The molecule has 0 unspecified atom stereocenters. The third-order valence-corrected chi connectivity index (χ3v) is 4.68. The summed E-state index contributed by atoms with van der Waals surface area (Å²) in [6, 6.07) is 23.0. The topological polar surface area (TPSA) is 26.6 Å². The van der Waals surface area contributed by atoms with Gasteiger partial charge in [-0.1, -0.05) is 60.7 Å². The number of hydrogen-bond acceptors (Lipinski definition) is 1. The molecule has 0 aliphatic rings. The summed E-state index contributed by atoms with van der Waals surface area (Å²) in [4.78, 5) is 0. The van der Waals surface area contributed by atoms with Crippen LogP contribution in [-0.2, 0) is 12.2 Å². The first kappa shape index (κ1) is 17.3. The van der Waals surface area contributed by atoms with Crippen molar-refractivity contribution in [3.8, 4) is 22.5 Å². The van der Waals surface area contributed by atoms with E-state index < -0.39 is 0 Å². The molecule has 2 heterocycles. The van der Waals surface area contributed by atoms with Crippen LogP contribution in [0.15, 0.2) is 85.5 Å². The van der Waals surface area contributed by atoms with E-state index in [4.69, 9.17) is 5.10 Å². The second kappa shape index (κ2) is 6.88. The van der Waals surface area contributed by atoms with Crippen LogP contribution in [0, 0.1) is 0 Å². The minimum absolute atomic E-state index is 0.0623. The van der Waals surface area contributed by atoms with Crippen molar-refractivity contribution < 1.29 is 4.57 Å². The predicted molar refractivity (Wildman–Crippen MR) is 108 cm³/mol. The minimum atomic E-state index is 0.0623. The summed E-state index contributed by atoms with van der Waals surface area (Å²) < 4.78 is 6.46. The molecule has 4 aromatic rings. The van der Waals surface area contributed by atoms with E-state index in [0.717, 1.165) is 17.0 Å². The number of hydrogen-bond donors (Lipinski definition) is 0. The molecule has 0 fully saturated rings. The molecule has 0 bridgehead atoms. The van der Waals surface area contributed by atoms with Gasteiger partial charge in [-0.2, -0.15) is 5.10 Å². The average molecular weight is 357 g/mol. The molecule has 4 rings (SSSR count). The van der Waals surface area contributed by atoms with Crippen LogP contribution in [0.25, 0.3) is 22.5 Å². The molecule has 0 N–H and O–H groups in total. The second-order valence-corrected chi connectivity index (χ2v) is 7.79. The molecule has 0 aliphatic heterocycles. The molecule has 0 saturated heterocycles. The largest absolute Gasteiger partial charge is 0.245 e. The Hall–Kier alpha value is -3.14. The van der Waals surface area contributed by atoms with Gasteiger partial charge in [0.25, 0.3) is 0 Å². The Labute approximate surface area is 160 Å². The normalized spacial score (nSPS) is 11.7. The number of rotatable bonds is 4. The molecule has 2 aromatic carbocycles. The third kappa shape index (κ3) is 3.70. The van der Waals surface area contributed by atoms with Crippen LogP contribution in [0.2, 0.25) is 0 Å². The van der Waals surface area contributed by atoms with Crippen LogP contribution in [-0.4, -0.2) is 14.3 Å². The zero-order chi connectivity index (χ0) is 18.9. The lowest BCUT2D eigenvalue weighted by Gasteiger charge is -2.13. The second-order valence-electron chi connectivity index (χ2n) is 7.79. The highest BCUT2D eigenvalue weighted by Gasteiger charge is 2.20. The van der Waals surface area contributed by atoms with Gasteiger partial charge in [0.15, 0.2) is 6.67 Å². The molecule has 136 valence electrons. The van der Waals surface area contributed by atoms with Crippen LogP contribution >= 0.6 is 0 Å². The molecular weight excluding hydrogens is 332 g/mol. The highest BCUT2D eigenvalue weighted by Crippen LogP contribution is 2.25. The quantitative estimate of drug-likeness (QED) is 0.492. The van der Waals surface area contributed by atoms with Crippen LogP contribution < -0.4 is 4.57 Å². The maximum absolute atomic E-state index is 4.91. The van der Waals surface area contributed by atoms with E-state index in [1.807, 2.05) is 12.1 Å². The molecule has 0 atom stereocenters. The van der Waals surface area contributed by atoms with Gasteiger partial charge in [-0.3, -0.25) is 0 Å². The maximum atomic E-state index is 4.91. The van der Waals surface area contributed by atoms with Crippen molar-refractivity contribution in [1.29, 1.82) is 0 Å². The van der Waals surface area contributed by atoms with Gasteiger partial charge >= 0.3 is 0 Å². The average Bonchev–Trinajstić information content (AvgIpc) is 3.31. The first-order chi connectivity index (χ1) is 13.0. The highest BCUT2D eigenvalue weighted by molar-refractivity contribution is 5.68. The summed E-state index contributed by atoms with van der Waals surface area (Å²) in [5.74, 6) is 0. The fraction of sp³-hybridized carbons (Fsp3) is 0.217. The predicted octanol–water partition coefficient (Wildman–Crippen LogP) is 4.57. The molecule has 0 radical (unpaired) electrons. The standard InChI is InChI=1S/C23H25N4/c1-23(2,3)26-15-14-25(17-26)18-27-22(20-12-8-5-9-13-20)16-21(24-27)19-10-6-4-7-11-19/h4-17H,18H2,1-3H3/q+1. The van der Waals surface area contributed by atoms with Crippen molar-refractivity contribution >= 4 is 0 Å². The minimum Gasteiger partial charge on any atom is -0.232 e. The van der Waals surface area contributed by atoms with Crippen molar-refractivity contribution in [3.05, 3.63) is 85.5 Å². The van der Waals surface area contributed by atoms with Gasteiger partial charge in [-0.25, -0.2) is 13.8 Å². The molecule has 0 saturated carbocycles. The fourth-order valence-electron chi connectivity index (χ4n) is 3.15. The molecule has 27 heavy (non-hydrogen) atoms. The summed E-state index contributed by atoms with van der Waals surface area (Å²) in [6.07, 6.45) is 6.35. The molecule has 0 aliphatic carbocycles. The number of benzene rings is 2. The van der Waals surface area contributed by atoms with Gasteiger partial charge in [0, 0.05) is 5.56 Å². The first-order valence-electron chi connectivity index (χ1n) is 9.27. The number of imidazole rings is 1. The summed E-state index contributed by atoms with van der Waals surface area (Å²) in [5, 5.41) is 4.91. The Morgan fingerprint density at radius 1 is 0.889 bits per heavy atom. The number of aromatic nitrogens is 4. The maximum Gasteiger partial charge on any atom is 0.245 e. The zero-order valence-electron chi connectivity index (χ0n) is 16.1. The van der Waals surface area contributed by atoms with Crippen molar-refractivity contribution in [3.63, 3.8) is 0 Å². The zero-order valence-corrected chi connectivity index (χ0v) is 16.1. The first-order valence-corrected chi connectivity index (χ1v) is 9.27.